The van der Waals surface area contributed by atoms with Gasteiger partial charge in [-0.1, -0.05) is 42.5 Å². The van der Waals surface area contributed by atoms with Crippen LogP contribution in [0.1, 0.15) is 31.0 Å². The molecule has 30 heavy (non-hydrogen) atoms. The second-order valence-electron chi connectivity index (χ2n) is 6.75. The average molecular weight is 410 g/mol. The molecule has 1 atom stereocenters. The summed E-state index contributed by atoms with van der Waals surface area (Å²) in [5.41, 5.74) is 2.59. The van der Waals surface area contributed by atoms with Gasteiger partial charge in [-0.25, -0.2) is 9.59 Å². The normalized spacial score (nSPS) is 15.9. The molecule has 0 spiro atoms. The lowest BCUT2D eigenvalue weighted by atomic mass is 9.95. The molecule has 0 radical (unpaired) electrons. The van der Waals surface area contributed by atoms with E-state index in [9.17, 15) is 9.59 Å². The van der Waals surface area contributed by atoms with Crippen molar-refractivity contribution < 1.29 is 23.8 Å². The molecule has 1 unspecified atom stereocenters. The number of carbonyl (C=O) groups excluding carboxylic acids is 2. The van der Waals surface area contributed by atoms with Crippen LogP contribution >= 0.6 is 0 Å². The highest BCUT2D eigenvalue weighted by molar-refractivity contribution is 5.95. The van der Waals surface area contributed by atoms with Crippen molar-refractivity contribution in [1.29, 1.82) is 0 Å². The maximum absolute atomic E-state index is 12.7. The molecule has 1 aliphatic rings. The monoisotopic (exact) mass is 410 g/mol. The lowest BCUT2D eigenvalue weighted by Gasteiger charge is -2.28. The van der Waals surface area contributed by atoms with E-state index in [0.29, 0.717) is 36.8 Å². The third kappa shape index (κ3) is 5.61. The number of amides is 2. The Labute approximate surface area is 176 Å². The molecular formula is C23H26N2O5. The number of esters is 1. The standard InChI is InChI=1S/C23H26N2O5/c1-3-28-12-13-29-22(26)20-16(2)24-23(27)25-21(20)18-10-7-11-19(14-18)30-15-17-8-5-4-6-9-17/h4-11,14,21H,3,12-13,15H2,1-2H3,(H2,24,25,27). The first-order valence-corrected chi connectivity index (χ1v) is 9.88. The largest absolute Gasteiger partial charge is 0.489 e. The van der Waals surface area contributed by atoms with E-state index in [1.54, 1.807) is 6.92 Å². The van der Waals surface area contributed by atoms with E-state index in [2.05, 4.69) is 10.6 Å². The van der Waals surface area contributed by atoms with Crippen LogP contribution < -0.4 is 15.4 Å². The average Bonchev–Trinajstić information content (AvgIpc) is 2.75. The third-order valence-electron chi connectivity index (χ3n) is 4.59. The van der Waals surface area contributed by atoms with E-state index < -0.39 is 12.0 Å². The molecule has 158 valence electrons. The molecular weight excluding hydrogens is 384 g/mol. The fourth-order valence-electron chi connectivity index (χ4n) is 3.15. The van der Waals surface area contributed by atoms with E-state index in [1.165, 1.54) is 0 Å². The minimum Gasteiger partial charge on any atom is -0.489 e. The number of urea groups is 1. The lowest BCUT2D eigenvalue weighted by Crippen LogP contribution is -2.45. The minimum absolute atomic E-state index is 0.143. The van der Waals surface area contributed by atoms with E-state index in [4.69, 9.17) is 14.2 Å². The molecule has 0 aliphatic carbocycles. The zero-order chi connectivity index (χ0) is 21.3. The Balaban J connectivity index is 1.76. The van der Waals surface area contributed by atoms with Crippen molar-refractivity contribution >= 4 is 12.0 Å². The van der Waals surface area contributed by atoms with Crippen LogP contribution in [0.5, 0.6) is 5.75 Å². The Morgan fingerprint density at radius 2 is 1.87 bits per heavy atom. The molecule has 0 fully saturated rings. The predicted octanol–water partition coefficient (Wildman–Crippen LogP) is 3.47. The van der Waals surface area contributed by atoms with Crippen LogP contribution in [0, 0.1) is 0 Å². The van der Waals surface area contributed by atoms with Crippen LogP contribution in [0.25, 0.3) is 0 Å². The summed E-state index contributed by atoms with van der Waals surface area (Å²) in [5, 5.41) is 5.44. The number of carbonyl (C=O) groups is 2. The Kier molecular flexibility index (Phi) is 7.45. The fraction of sp³-hybridized carbons (Fsp3) is 0.304. The van der Waals surface area contributed by atoms with Gasteiger partial charge in [0.05, 0.1) is 18.2 Å². The van der Waals surface area contributed by atoms with Crippen LogP contribution in [-0.4, -0.2) is 31.8 Å². The minimum atomic E-state index is -0.640. The number of rotatable bonds is 9. The van der Waals surface area contributed by atoms with Gasteiger partial charge in [-0.3, -0.25) is 0 Å². The maximum Gasteiger partial charge on any atom is 0.338 e. The Hall–Kier alpha value is -3.32. The smallest absolute Gasteiger partial charge is 0.338 e. The maximum atomic E-state index is 12.7. The van der Waals surface area contributed by atoms with Crippen molar-refractivity contribution in [3.63, 3.8) is 0 Å². The number of hydrogen-bond donors (Lipinski definition) is 2. The first kappa shape index (κ1) is 21.4. The van der Waals surface area contributed by atoms with Crippen LogP contribution in [0.4, 0.5) is 4.79 Å². The molecule has 0 saturated carbocycles. The summed E-state index contributed by atoms with van der Waals surface area (Å²) in [5.74, 6) is 0.145. The first-order valence-electron chi connectivity index (χ1n) is 9.88. The number of nitrogens with one attached hydrogen (secondary N) is 2. The quantitative estimate of drug-likeness (QED) is 0.488. The van der Waals surface area contributed by atoms with Gasteiger partial charge < -0.3 is 24.8 Å². The molecule has 2 amide bonds. The molecule has 7 heteroatoms. The van der Waals surface area contributed by atoms with Gasteiger partial charge in [0.15, 0.2) is 0 Å². The molecule has 3 rings (SSSR count). The molecule has 0 bridgehead atoms. The van der Waals surface area contributed by atoms with Crippen molar-refractivity contribution in [2.75, 3.05) is 19.8 Å². The SMILES string of the molecule is CCOCCOC(=O)C1=C(C)NC(=O)NC1c1cccc(OCc2ccccc2)c1. The molecule has 2 aromatic carbocycles. The van der Waals surface area contributed by atoms with Crippen LogP contribution in [0.3, 0.4) is 0 Å². The van der Waals surface area contributed by atoms with Gasteiger partial charge in [-0.2, -0.15) is 0 Å². The van der Waals surface area contributed by atoms with Crippen molar-refractivity contribution in [3.8, 4) is 5.75 Å². The highest BCUT2D eigenvalue weighted by Gasteiger charge is 2.32. The summed E-state index contributed by atoms with van der Waals surface area (Å²) in [6.45, 7) is 4.99. The van der Waals surface area contributed by atoms with Gasteiger partial charge in [0.2, 0.25) is 0 Å². The highest BCUT2D eigenvalue weighted by atomic mass is 16.6. The zero-order valence-electron chi connectivity index (χ0n) is 17.1. The third-order valence-corrected chi connectivity index (χ3v) is 4.59. The Bertz CT molecular complexity index is 911. The lowest BCUT2D eigenvalue weighted by molar-refractivity contribution is -0.141. The van der Waals surface area contributed by atoms with Crippen molar-refractivity contribution in [2.45, 2.75) is 26.5 Å². The van der Waals surface area contributed by atoms with Gasteiger partial charge in [0.25, 0.3) is 0 Å². The van der Waals surface area contributed by atoms with Crippen LogP contribution in [0.2, 0.25) is 0 Å². The highest BCUT2D eigenvalue weighted by Crippen LogP contribution is 2.30. The van der Waals surface area contributed by atoms with E-state index >= 15 is 0 Å². The summed E-state index contributed by atoms with van der Waals surface area (Å²) in [7, 11) is 0. The van der Waals surface area contributed by atoms with E-state index in [0.717, 1.165) is 11.1 Å². The summed E-state index contributed by atoms with van der Waals surface area (Å²) in [4.78, 5) is 24.8. The van der Waals surface area contributed by atoms with Crippen molar-refractivity contribution in [3.05, 3.63) is 77.0 Å². The van der Waals surface area contributed by atoms with Crippen LogP contribution in [0.15, 0.2) is 65.9 Å². The van der Waals surface area contributed by atoms with Gasteiger partial charge in [0.1, 0.15) is 19.0 Å². The Morgan fingerprint density at radius 3 is 2.63 bits per heavy atom. The summed E-state index contributed by atoms with van der Waals surface area (Å²) in [6.07, 6.45) is 0. The van der Waals surface area contributed by atoms with Crippen LogP contribution in [-0.2, 0) is 20.9 Å². The predicted molar refractivity (Wildman–Crippen MR) is 112 cm³/mol. The van der Waals surface area contributed by atoms with Gasteiger partial charge in [-0.15, -0.1) is 0 Å². The van der Waals surface area contributed by atoms with Crippen molar-refractivity contribution in [1.82, 2.24) is 10.6 Å². The van der Waals surface area contributed by atoms with Gasteiger partial charge in [-0.05, 0) is 37.1 Å². The molecule has 0 saturated heterocycles. The number of hydrogen-bond acceptors (Lipinski definition) is 5. The first-order chi connectivity index (χ1) is 14.6. The van der Waals surface area contributed by atoms with Gasteiger partial charge in [0, 0.05) is 12.3 Å². The van der Waals surface area contributed by atoms with E-state index in [-0.39, 0.29) is 12.6 Å². The number of allylic oxidation sites excluding steroid dienone is 1. The summed E-state index contributed by atoms with van der Waals surface area (Å²) in [6, 6.07) is 16.1. The molecule has 2 aromatic rings. The second-order valence-corrected chi connectivity index (χ2v) is 6.75. The number of ether oxygens (including phenoxy) is 3. The van der Waals surface area contributed by atoms with Crippen molar-refractivity contribution in [2.24, 2.45) is 0 Å². The summed E-state index contributed by atoms with van der Waals surface area (Å²) >= 11 is 0. The second kappa shape index (κ2) is 10.5. The zero-order valence-corrected chi connectivity index (χ0v) is 17.1. The molecule has 1 heterocycles. The Morgan fingerprint density at radius 1 is 1.07 bits per heavy atom. The number of benzene rings is 2. The molecule has 2 N–H and O–H groups in total. The topological polar surface area (TPSA) is 85.9 Å². The molecule has 0 aromatic heterocycles. The van der Waals surface area contributed by atoms with E-state index in [1.807, 2.05) is 61.5 Å². The summed E-state index contributed by atoms with van der Waals surface area (Å²) < 4.78 is 16.4. The fourth-order valence-corrected chi connectivity index (χ4v) is 3.15. The molecule has 1 aliphatic heterocycles. The molecule has 7 nitrogen and oxygen atoms in total. The van der Waals surface area contributed by atoms with Gasteiger partial charge >= 0.3 is 12.0 Å².